The van der Waals surface area contributed by atoms with Crippen molar-refractivity contribution in [2.45, 2.75) is 25.3 Å². The van der Waals surface area contributed by atoms with Crippen LogP contribution in [0.1, 0.15) is 19.6 Å². The first-order valence-electron chi connectivity index (χ1n) is 11.3. The number of amides is 3. The lowest BCUT2D eigenvalue weighted by Gasteiger charge is -2.49. The molecule has 204 valence electrons. The van der Waals surface area contributed by atoms with Crippen LogP contribution in [0, 0.1) is 0 Å². The van der Waals surface area contributed by atoms with E-state index in [1.165, 1.54) is 36.1 Å². The summed E-state index contributed by atoms with van der Waals surface area (Å²) in [5.74, 6) is -1.50. The fourth-order valence-electron chi connectivity index (χ4n) is 3.73. The number of fused-ring (bicyclic) bond motifs is 1. The van der Waals surface area contributed by atoms with E-state index in [9.17, 15) is 19.2 Å². The van der Waals surface area contributed by atoms with Crippen molar-refractivity contribution in [3.63, 3.8) is 0 Å². The van der Waals surface area contributed by atoms with Crippen LogP contribution < -0.4 is 11.1 Å². The standard InChI is InChI=1S/C22H29N5O8S.ClH/c1-4-26(5-2)8-10-34-21(30)17-13(11-35-22(23)31)12-36-20-16(19(29)27(17)20)24-18(28)15(25-32-3)14-7-6-9-33-14;/h6-7,9,16,20H,4-5,8,10-12H2,1-3H3,(H2,23,31)(H,24,28);1H/b25-15+;/t16-,20-;/m1./s1. The molecule has 0 aliphatic carbocycles. The van der Waals surface area contributed by atoms with Crippen molar-refractivity contribution >= 4 is 53.8 Å². The van der Waals surface area contributed by atoms with Crippen molar-refractivity contribution in [3.8, 4) is 0 Å². The molecule has 1 aromatic heterocycles. The predicted octanol–water partition coefficient (Wildman–Crippen LogP) is 0.686. The van der Waals surface area contributed by atoms with Gasteiger partial charge in [0.1, 0.15) is 37.4 Å². The van der Waals surface area contributed by atoms with Crippen LogP contribution in [0.5, 0.6) is 0 Å². The van der Waals surface area contributed by atoms with Crippen LogP contribution in [-0.4, -0.2) is 96.5 Å². The highest BCUT2D eigenvalue weighted by Gasteiger charge is 2.54. The summed E-state index contributed by atoms with van der Waals surface area (Å²) in [6.45, 7) is 5.97. The number of hydrogen-bond donors (Lipinski definition) is 2. The molecule has 3 amide bonds. The van der Waals surface area contributed by atoms with Crippen LogP contribution in [0.15, 0.2) is 39.2 Å². The molecular formula is C22H30ClN5O8S. The van der Waals surface area contributed by atoms with Crippen molar-refractivity contribution < 1.29 is 37.9 Å². The molecule has 1 fully saturated rings. The number of nitrogens with one attached hydrogen (secondary N) is 1. The normalized spacial score (nSPS) is 19.0. The average Bonchev–Trinajstić information content (AvgIpc) is 3.40. The highest BCUT2D eigenvalue weighted by Crippen LogP contribution is 2.40. The molecule has 2 aliphatic rings. The summed E-state index contributed by atoms with van der Waals surface area (Å²) in [4.78, 5) is 58.1. The summed E-state index contributed by atoms with van der Waals surface area (Å²) >= 11 is 1.30. The molecule has 2 aliphatic heterocycles. The van der Waals surface area contributed by atoms with E-state index in [1.54, 1.807) is 6.07 Å². The smallest absolute Gasteiger partial charge is 0.404 e. The maximum atomic E-state index is 13.1. The zero-order valence-electron chi connectivity index (χ0n) is 20.6. The Kier molecular flexibility index (Phi) is 11.3. The molecule has 15 heteroatoms. The lowest BCUT2D eigenvalue weighted by Crippen LogP contribution is -2.71. The zero-order valence-corrected chi connectivity index (χ0v) is 22.3. The summed E-state index contributed by atoms with van der Waals surface area (Å²) in [6, 6.07) is 2.18. The van der Waals surface area contributed by atoms with Crippen LogP contribution in [0.4, 0.5) is 4.79 Å². The topological polar surface area (TPSA) is 166 Å². The number of nitrogens with zero attached hydrogens (tertiary/aromatic N) is 3. The Balaban J connectivity index is 0.00000481. The van der Waals surface area contributed by atoms with Gasteiger partial charge in [-0.25, -0.2) is 9.59 Å². The van der Waals surface area contributed by atoms with E-state index in [2.05, 4.69) is 15.4 Å². The van der Waals surface area contributed by atoms with Crippen LogP contribution in [0.3, 0.4) is 0 Å². The molecule has 0 unspecified atom stereocenters. The van der Waals surface area contributed by atoms with Crippen LogP contribution >= 0.6 is 24.2 Å². The van der Waals surface area contributed by atoms with Gasteiger partial charge in [-0.2, -0.15) is 0 Å². The van der Waals surface area contributed by atoms with Gasteiger partial charge < -0.3 is 34.7 Å². The summed E-state index contributed by atoms with van der Waals surface area (Å²) < 4.78 is 15.5. The van der Waals surface area contributed by atoms with Gasteiger partial charge in [-0.05, 0) is 25.2 Å². The molecule has 13 nitrogen and oxygen atoms in total. The number of carbonyl (C=O) groups excluding carboxylic acids is 4. The van der Waals surface area contributed by atoms with Gasteiger partial charge in [0.05, 0.1) is 6.26 Å². The average molecular weight is 560 g/mol. The second-order valence-corrected chi connectivity index (χ2v) is 8.79. The number of likely N-dealkylation sites (N-methyl/N-ethyl adjacent to an activating group) is 1. The number of oxime groups is 1. The van der Waals surface area contributed by atoms with Crippen molar-refractivity contribution in [2.24, 2.45) is 10.9 Å². The van der Waals surface area contributed by atoms with E-state index in [4.69, 9.17) is 24.5 Å². The number of esters is 1. The zero-order chi connectivity index (χ0) is 26.2. The Morgan fingerprint density at radius 2 is 2.03 bits per heavy atom. The van der Waals surface area contributed by atoms with Gasteiger partial charge in [0.15, 0.2) is 5.76 Å². The van der Waals surface area contributed by atoms with Crippen LogP contribution in [0.25, 0.3) is 0 Å². The molecule has 1 saturated heterocycles. The second kappa shape index (κ2) is 13.9. The molecule has 3 N–H and O–H groups in total. The Morgan fingerprint density at radius 3 is 2.62 bits per heavy atom. The molecule has 2 atom stereocenters. The third-order valence-electron chi connectivity index (χ3n) is 5.60. The fraction of sp³-hybridized carbons (Fsp3) is 0.500. The van der Waals surface area contributed by atoms with Crippen LogP contribution in [0.2, 0.25) is 0 Å². The lowest BCUT2D eigenvalue weighted by atomic mass is 10.0. The molecule has 37 heavy (non-hydrogen) atoms. The van der Waals surface area contributed by atoms with E-state index < -0.39 is 35.3 Å². The summed E-state index contributed by atoms with van der Waals surface area (Å²) in [7, 11) is 1.28. The third kappa shape index (κ3) is 6.96. The van der Waals surface area contributed by atoms with Gasteiger partial charge in [0.25, 0.3) is 11.8 Å². The first-order valence-corrected chi connectivity index (χ1v) is 12.3. The maximum Gasteiger partial charge on any atom is 0.404 e. The van der Waals surface area contributed by atoms with Crippen LogP contribution in [-0.2, 0) is 28.7 Å². The number of furan rings is 1. The number of primary amides is 1. The molecule has 3 rings (SSSR count). The highest BCUT2D eigenvalue weighted by molar-refractivity contribution is 8.00. The van der Waals surface area contributed by atoms with E-state index in [-0.39, 0.29) is 48.5 Å². The molecule has 0 saturated carbocycles. The number of ether oxygens (including phenoxy) is 2. The third-order valence-corrected chi connectivity index (χ3v) is 6.94. The van der Waals surface area contributed by atoms with Gasteiger partial charge in [-0.15, -0.1) is 24.2 Å². The Labute approximate surface area is 224 Å². The number of rotatable bonds is 12. The minimum Gasteiger partial charge on any atom is -0.462 e. The van der Waals surface area contributed by atoms with Gasteiger partial charge in [-0.1, -0.05) is 19.0 Å². The van der Waals surface area contributed by atoms with Gasteiger partial charge >= 0.3 is 12.1 Å². The minimum atomic E-state index is -1.01. The number of nitrogens with two attached hydrogens (primary N) is 1. The minimum absolute atomic E-state index is 0. The maximum absolute atomic E-state index is 13.1. The number of carbonyl (C=O) groups is 4. The SMILES string of the molecule is CCN(CC)CCOC(=O)C1=C(COC(N)=O)CS[C@@H]2[C@H](NC(=O)/C(=N/OC)c3ccco3)C(=O)N12.Cl. The summed E-state index contributed by atoms with van der Waals surface area (Å²) in [6.07, 6.45) is 0.367. The summed E-state index contributed by atoms with van der Waals surface area (Å²) in [5.41, 5.74) is 5.32. The second-order valence-electron chi connectivity index (χ2n) is 7.68. The molecule has 0 spiro atoms. The highest BCUT2D eigenvalue weighted by atomic mass is 35.5. The molecule has 0 aromatic carbocycles. The molecule has 0 radical (unpaired) electrons. The van der Waals surface area contributed by atoms with E-state index in [0.29, 0.717) is 12.1 Å². The van der Waals surface area contributed by atoms with Crippen molar-refractivity contribution in [3.05, 3.63) is 35.4 Å². The number of β-lactam (4-membered cyclic amide) rings is 1. The Hall–Kier alpha value is -3.23. The van der Waals surface area contributed by atoms with Crippen molar-refractivity contribution in [2.75, 3.05) is 45.7 Å². The van der Waals surface area contributed by atoms with Gasteiger partial charge in [0.2, 0.25) is 5.71 Å². The predicted molar refractivity (Wildman–Crippen MR) is 136 cm³/mol. The Bertz CT molecular complexity index is 1040. The quantitative estimate of drug-likeness (QED) is 0.161. The number of thioether (sulfide) groups is 1. The largest absolute Gasteiger partial charge is 0.462 e. The monoisotopic (exact) mass is 559 g/mol. The Morgan fingerprint density at radius 1 is 1.30 bits per heavy atom. The molecule has 0 bridgehead atoms. The fourth-order valence-corrected chi connectivity index (χ4v) is 5.06. The lowest BCUT2D eigenvalue weighted by molar-refractivity contribution is -0.152. The van der Waals surface area contributed by atoms with Gasteiger partial charge in [0, 0.05) is 17.9 Å². The van der Waals surface area contributed by atoms with Crippen molar-refractivity contribution in [1.29, 1.82) is 0 Å². The first-order chi connectivity index (χ1) is 17.3. The number of halogens is 1. The van der Waals surface area contributed by atoms with E-state index in [1.807, 2.05) is 13.8 Å². The van der Waals surface area contributed by atoms with Crippen molar-refractivity contribution in [1.82, 2.24) is 15.1 Å². The van der Waals surface area contributed by atoms with E-state index >= 15 is 0 Å². The molecule has 3 heterocycles. The summed E-state index contributed by atoms with van der Waals surface area (Å²) in [5, 5.41) is 5.75. The molecule has 1 aromatic rings. The first kappa shape index (κ1) is 30.0. The molecular weight excluding hydrogens is 530 g/mol. The van der Waals surface area contributed by atoms with E-state index in [0.717, 1.165) is 13.1 Å². The van der Waals surface area contributed by atoms with Gasteiger partial charge in [-0.3, -0.25) is 14.5 Å². The number of hydrogen-bond acceptors (Lipinski definition) is 11.